The Morgan fingerprint density at radius 1 is 1.40 bits per heavy atom. The fourth-order valence-corrected chi connectivity index (χ4v) is 2.24. The fraction of sp³-hybridized carbons (Fsp3) is 1.00. The van der Waals surface area contributed by atoms with Crippen molar-refractivity contribution in [1.29, 1.82) is 0 Å². The topological polar surface area (TPSA) is 24.5 Å². The number of nitrogens with zero attached hydrogens (tertiary/aromatic N) is 1. The summed E-state index contributed by atoms with van der Waals surface area (Å²) in [6.07, 6.45) is 4.28. The van der Waals surface area contributed by atoms with E-state index >= 15 is 0 Å². The monoisotopic (exact) mass is 214 g/mol. The van der Waals surface area contributed by atoms with Crippen LogP contribution in [0.3, 0.4) is 0 Å². The lowest BCUT2D eigenvalue weighted by Crippen LogP contribution is -2.34. The van der Waals surface area contributed by atoms with Crippen LogP contribution in [-0.4, -0.2) is 50.3 Å². The molecule has 0 radical (unpaired) electrons. The van der Waals surface area contributed by atoms with Crippen LogP contribution in [0.5, 0.6) is 0 Å². The van der Waals surface area contributed by atoms with Crippen molar-refractivity contribution in [3.63, 3.8) is 0 Å². The first-order chi connectivity index (χ1) is 7.13. The SMILES string of the molecule is CNC1CCC(N(C)CCOC(C)C)C1. The highest BCUT2D eigenvalue weighted by Gasteiger charge is 2.25. The summed E-state index contributed by atoms with van der Waals surface area (Å²) in [6.45, 7) is 6.09. The van der Waals surface area contributed by atoms with Crippen molar-refractivity contribution in [2.75, 3.05) is 27.2 Å². The Balaban J connectivity index is 2.14. The number of rotatable bonds is 6. The minimum absolute atomic E-state index is 0.354. The second kappa shape index (κ2) is 6.46. The van der Waals surface area contributed by atoms with Gasteiger partial charge in [-0.1, -0.05) is 0 Å². The third-order valence-corrected chi connectivity index (χ3v) is 3.33. The van der Waals surface area contributed by atoms with E-state index in [1.165, 1.54) is 19.3 Å². The molecule has 90 valence electrons. The number of likely N-dealkylation sites (N-methyl/N-ethyl adjacent to an activating group) is 1. The lowest BCUT2D eigenvalue weighted by atomic mass is 10.2. The van der Waals surface area contributed by atoms with Crippen molar-refractivity contribution < 1.29 is 4.74 Å². The maximum absolute atomic E-state index is 5.57. The Bertz CT molecular complexity index is 173. The summed E-state index contributed by atoms with van der Waals surface area (Å²) in [6, 6.07) is 1.47. The molecule has 2 unspecified atom stereocenters. The average molecular weight is 214 g/mol. The quantitative estimate of drug-likeness (QED) is 0.725. The van der Waals surface area contributed by atoms with Crippen molar-refractivity contribution in [3.8, 4) is 0 Å². The molecule has 1 rings (SSSR count). The average Bonchev–Trinajstić information content (AvgIpc) is 2.65. The summed E-state index contributed by atoms with van der Waals surface area (Å²) in [5.41, 5.74) is 0. The summed E-state index contributed by atoms with van der Waals surface area (Å²) in [4.78, 5) is 2.44. The zero-order valence-electron chi connectivity index (χ0n) is 10.6. The number of nitrogens with one attached hydrogen (secondary N) is 1. The molecule has 0 aromatic rings. The largest absolute Gasteiger partial charge is 0.377 e. The second-order valence-electron chi connectivity index (χ2n) is 4.85. The molecule has 2 atom stereocenters. The Morgan fingerprint density at radius 2 is 2.13 bits per heavy atom. The van der Waals surface area contributed by atoms with Crippen LogP contribution in [0.2, 0.25) is 0 Å². The van der Waals surface area contributed by atoms with Gasteiger partial charge in [0.25, 0.3) is 0 Å². The van der Waals surface area contributed by atoms with Crippen molar-refractivity contribution >= 4 is 0 Å². The number of hydrogen-bond donors (Lipinski definition) is 1. The van der Waals surface area contributed by atoms with Crippen molar-refractivity contribution in [1.82, 2.24) is 10.2 Å². The van der Waals surface area contributed by atoms with Crippen LogP contribution in [0.25, 0.3) is 0 Å². The van der Waals surface area contributed by atoms with Crippen LogP contribution in [-0.2, 0) is 4.74 Å². The van der Waals surface area contributed by atoms with Crippen LogP contribution < -0.4 is 5.32 Å². The predicted molar refractivity (Wildman–Crippen MR) is 64.2 cm³/mol. The standard InChI is InChI=1S/C12H26N2O/c1-10(2)15-8-7-14(4)12-6-5-11(9-12)13-3/h10-13H,5-9H2,1-4H3. The highest BCUT2D eigenvalue weighted by Crippen LogP contribution is 2.22. The molecule has 3 heteroatoms. The fourth-order valence-electron chi connectivity index (χ4n) is 2.24. The first-order valence-corrected chi connectivity index (χ1v) is 6.12. The molecule has 1 fully saturated rings. The van der Waals surface area contributed by atoms with Gasteiger partial charge in [0.05, 0.1) is 12.7 Å². The smallest absolute Gasteiger partial charge is 0.0596 e. The molecule has 0 saturated heterocycles. The van der Waals surface area contributed by atoms with Gasteiger partial charge in [-0.3, -0.25) is 0 Å². The normalized spacial score (nSPS) is 26.8. The maximum Gasteiger partial charge on any atom is 0.0596 e. The van der Waals surface area contributed by atoms with Gasteiger partial charge in [0.15, 0.2) is 0 Å². The number of hydrogen-bond acceptors (Lipinski definition) is 3. The van der Waals surface area contributed by atoms with E-state index in [1.54, 1.807) is 0 Å². The maximum atomic E-state index is 5.57. The molecule has 15 heavy (non-hydrogen) atoms. The molecule has 0 heterocycles. The molecular formula is C12H26N2O. The highest BCUT2D eigenvalue weighted by molar-refractivity contribution is 4.84. The zero-order valence-corrected chi connectivity index (χ0v) is 10.6. The number of ether oxygens (including phenoxy) is 1. The lowest BCUT2D eigenvalue weighted by molar-refractivity contribution is 0.0562. The first kappa shape index (κ1) is 12.9. The second-order valence-corrected chi connectivity index (χ2v) is 4.85. The lowest BCUT2D eigenvalue weighted by Gasteiger charge is -2.24. The van der Waals surface area contributed by atoms with Gasteiger partial charge in [-0.15, -0.1) is 0 Å². The predicted octanol–water partition coefficient (Wildman–Crippen LogP) is 1.48. The molecule has 1 aliphatic carbocycles. The molecule has 0 aromatic carbocycles. The van der Waals surface area contributed by atoms with Gasteiger partial charge >= 0.3 is 0 Å². The molecule has 0 bridgehead atoms. The van der Waals surface area contributed by atoms with Gasteiger partial charge in [0, 0.05) is 18.6 Å². The van der Waals surface area contributed by atoms with E-state index in [2.05, 4.69) is 38.2 Å². The van der Waals surface area contributed by atoms with Gasteiger partial charge < -0.3 is 15.0 Å². The molecule has 1 saturated carbocycles. The van der Waals surface area contributed by atoms with Gasteiger partial charge in [-0.05, 0) is 47.2 Å². The van der Waals surface area contributed by atoms with Crippen molar-refractivity contribution in [2.45, 2.75) is 51.3 Å². The minimum atomic E-state index is 0.354. The Kier molecular flexibility index (Phi) is 5.58. The van der Waals surface area contributed by atoms with E-state index in [9.17, 15) is 0 Å². The molecular weight excluding hydrogens is 188 g/mol. The summed E-state index contributed by atoms with van der Waals surface area (Å²) >= 11 is 0. The van der Waals surface area contributed by atoms with Crippen LogP contribution in [0.1, 0.15) is 33.1 Å². The molecule has 1 N–H and O–H groups in total. The molecule has 0 aromatic heterocycles. The summed E-state index contributed by atoms with van der Waals surface area (Å²) < 4.78 is 5.57. The van der Waals surface area contributed by atoms with E-state index in [-0.39, 0.29) is 0 Å². The van der Waals surface area contributed by atoms with E-state index in [0.717, 1.165) is 25.2 Å². The van der Waals surface area contributed by atoms with Crippen LogP contribution >= 0.6 is 0 Å². The molecule has 0 spiro atoms. The summed E-state index contributed by atoms with van der Waals surface area (Å²) in [5.74, 6) is 0. The van der Waals surface area contributed by atoms with Gasteiger partial charge in [0.2, 0.25) is 0 Å². The van der Waals surface area contributed by atoms with Gasteiger partial charge in [-0.2, -0.15) is 0 Å². The van der Waals surface area contributed by atoms with Crippen molar-refractivity contribution in [2.24, 2.45) is 0 Å². The molecule has 0 aliphatic heterocycles. The van der Waals surface area contributed by atoms with E-state index < -0.39 is 0 Å². The molecule has 0 amide bonds. The summed E-state index contributed by atoms with van der Waals surface area (Å²) in [5, 5.41) is 3.37. The third kappa shape index (κ3) is 4.49. The minimum Gasteiger partial charge on any atom is -0.377 e. The first-order valence-electron chi connectivity index (χ1n) is 6.12. The summed E-state index contributed by atoms with van der Waals surface area (Å²) in [7, 11) is 4.28. The van der Waals surface area contributed by atoms with Crippen LogP contribution in [0, 0.1) is 0 Å². The Labute approximate surface area is 94.2 Å². The van der Waals surface area contributed by atoms with Gasteiger partial charge in [-0.25, -0.2) is 0 Å². The third-order valence-electron chi connectivity index (χ3n) is 3.33. The molecule has 3 nitrogen and oxygen atoms in total. The highest BCUT2D eigenvalue weighted by atomic mass is 16.5. The Hall–Kier alpha value is -0.120. The van der Waals surface area contributed by atoms with Crippen LogP contribution in [0.4, 0.5) is 0 Å². The zero-order chi connectivity index (χ0) is 11.3. The van der Waals surface area contributed by atoms with Gasteiger partial charge in [0.1, 0.15) is 0 Å². The molecule has 1 aliphatic rings. The van der Waals surface area contributed by atoms with Crippen LogP contribution in [0.15, 0.2) is 0 Å². The Morgan fingerprint density at radius 3 is 2.67 bits per heavy atom. The van der Waals surface area contributed by atoms with E-state index in [1.807, 2.05) is 0 Å². The van der Waals surface area contributed by atoms with E-state index in [4.69, 9.17) is 4.74 Å². The van der Waals surface area contributed by atoms with E-state index in [0.29, 0.717) is 6.10 Å². The van der Waals surface area contributed by atoms with Crippen molar-refractivity contribution in [3.05, 3.63) is 0 Å².